The van der Waals surface area contributed by atoms with Gasteiger partial charge >= 0.3 is 5.69 Å². The lowest BCUT2D eigenvalue weighted by molar-refractivity contribution is 0.560. The summed E-state index contributed by atoms with van der Waals surface area (Å²) in [6, 6.07) is 5.12. The molecule has 2 aromatic rings. The Labute approximate surface area is 84.7 Å². The highest BCUT2D eigenvalue weighted by Gasteiger charge is 1.90. The lowest BCUT2D eigenvalue weighted by atomic mass is 10.5. The Morgan fingerprint density at radius 1 is 1.53 bits per heavy atom. The van der Waals surface area contributed by atoms with Crippen LogP contribution in [-0.4, -0.2) is 16.2 Å². The summed E-state index contributed by atoms with van der Waals surface area (Å²) in [7, 11) is 0. The van der Waals surface area contributed by atoms with Gasteiger partial charge in [0.2, 0.25) is 0 Å². The van der Waals surface area contributed by atoms with Crippen LogP contribution < -0.4 is 11.1 Å². The van der Waals surface area contributed by atoms with Gasteiger partial charge in [0, 0.05) is 6.20 Å². The number of furan rings is 1. The maximum Gasteiger partial charge on any atom is 0.346 e. The first-order valence-electron chi connectivity index (χ1n) is 4.22. The number of hydrogen-bond donors (Lipinski definition) is 2. The highest BCUT2D eigenvalue weighted by atomic mass is 16.3. The average molecular weight is 204 g/mol. The number of nitrogens with zero attached hydrogens (tertiary/aromatic N) is 2. The van der Waals surface area contributed by atoms with Crippen LogP contribution in [0.3, 0.4) is 0 Å². The monoisotopic (exact) mass is 204 g/mol. The molecule has 15 heavy (non-hydrogen) atoms. The minimum absolute atomic E-state index is 0.423. The highest BCUT2D eigenvalue weighted by Crippen LogP contribution is 1.97. The molecule has 0 fully saturated rings. The molecule has 6 nitrogen and oxygen atoms in total. The van der Waals surface area contributed by atoms with Gasteiger partial charge in [-0.1, -0.05) is 0 Å². The number of anilines is 1. The summed E-state index contributed by atoms with van der Waals surface area (Å²) in [5.41, 5.74) is 2.21. The number of hydrogen-bond acceptors (Lipinski definition) is 5. The largest absolute Gasteiger partial charge is 0.463 e. The summed E-state index contributed by atoms with van der Waals surface area (Å²) in [4.78, 5) is 16.7. The maximum atomic E-state index is 10.8. The number of aromatic amines is 1. The second-order valence-corrected chi connectivity index (χ2v) is 2.67. The van der Waals surface area contributed by atoms with Crippen LogP contribution in [0, 0.1) is 0 Å². The Balaban J connectivity index is 2.02. The molecule has 0 aliphatic rings. The zero-order valence-corrected chi connectivity index (χ0v) is 7.68. The Kier molecular flexibility index (Phi) is 2.59. The zero-order valence-electron chi connectivity index (χ0n) is 7.68. The molecule has 0 saturated heterocycles. The van der Waals surface area contributed by atoms with Crippen molar-refractivity contribution in [1.82, 2.24) is 9.97 Å². The zero-order chi connectivity index (χ0) is 10.5. The van der Waals surface area contributed by atoms with E-state index in [1.807, 2.05) is 0 Å². The van der Waals surface area contributed by atoms with Gasteiger partial charge < -0.3 is 4.42 Å². The van der Waals surface area contributed by atoms with Gasteiger partial charge in [-0.2, -0.15) is 5.10 Å². The van der Waals surface area contributed by atoms with E-state index in [9.17, 15) is 4.79 Å². The van der Waals surface area contributed by atoms with E-state index < -0.39 is 5.69 Å². The van der Waals surface area contributed by atoms with Gasteiger partial charge in [-0.25, -0.2) is 9.78 Å². The Bertz CT molecular complexity index is 501. The third-order valence-electron chi connectivity index (χ3n) is 1.59. The maximum absolute atomic E-state index is 10.8. The molecule has 2 N–H and O–H groups in total. The number of nitrogens with one attached hydrogen (secondary N) is 2. The summed E-state index contributed by atoms with van der Waals surface area (Å²) in [6.07, 6.45) is 4.44. The topological polar surface area (TPSA) is 83.3 Å². The number of rotatable bonds is 3. The highest BCUT2D eigenvalue weighted by molar-refractivity contribution is 5.76. The van der Waals surface area contributed by atoms with Crippen LogP contribution in [0.25, 0.3) is 0 Å². The van der Waals surface area contributed by atoms with Crippen molar-refractivity contribution in [2.24, 2.45) is 5.10 Å². The minimum Gasteiger partial charge on any atom is -0.463 e. The summed E-state index contributed by atoms with van der Waals surface area (Å²) in [5, 5.41) is 3.86. The van der Waals surface area contributed by atoms with E-state index in [1.165, 1.54) is 12.4 Å². The predicted octanol–water partition coefficient (Wildman–Crippen LogP) is 0.809. The smallest absolute Gasteiger partial charge is 0.346 e. The molecule has 0 aliphatic carbocycles. The summed E-state index contributed by atoms with van der Waals surface area (Å²) < 4.78 is 5.02. The summed E-state index contributed by atoms with van der Waals surface area (Å²) in [5.74, 6) is 1.09. The van der Waals surface area contributed by atoms with Gasteiger partial charge in [0.25, 0.3) is 0 Å². The molecule has 0 amide bonds. The molecule has 6 heteroatoms. The predicted molar refractivity (Wildman–Crippen MR) is 54.8 cm³/mol. The standard InChI is InChI=1S/C9H8N4O2/c14-9-10-4-3-8(12-9)13-11-6-7-2-1-5-15-7/h1-6H,(H2,10,12,13,14)/b11-6-. The quantitative estimate of drug-likeness (QED) is 0.572. The first kappa shape index (κ1) is 9.20. The molecule has 2 rings (SSSR count). The average Bonchev–Trinajstić information content (AvgIpc) is 2.71. The normalized spacial score (nSPS) is 10.7. The van der Waals surface area contributed by atoms with Crippen molar-refractivity contribution in [3.8, 4) is 0 Å². The van der Waals surface area contributed by atoms with Crippen molar-refractivity contribution < 1.29 is 4.42 Å². The van der Waals surface area contributed by atoms with Crippen LogP contribution in [-0.2, 0) is 0 Å². The van der Waals surface area contributed by atoms with E-state index in [2.05, 4.69) is 20.5 Å². The molecule has 2 aromatic heterocycles. The molecule has 0 aromatic carbocycles. The minimum atomic E-state index is -0.423. The van der Waals surface area contributed by atoms with Gasteiger partial charge in [0.1, 0.15) is 11.6 Å². The summed E-state index contributed by atoms with van der Waals surface area (Å²) in [6.45, 7) is 0. The van der Waals surface area contributed by atoms with Gasteiger partial charge in [-0.15, -0.1) is 0 Å². The molecule has 0 saturated carbocycles. The van der Waals surface area contributed by atoms with E-state index >= 15 is 0 Å². The number of hydrazone groups is 1. The molecule has 2 heterocycles. The first-order chi connectivity index (χ1) is 7.34. The fraction of sp³-hybridized carbons (Fsp3) is 0. The molecule has 0 radical (unpaired) electrons. The molecule has 0 spiro atoms. The van der Waals surface area contributed by atoms with E-state index in [-0.39, 0.29) is 0 Å². The van der Waals surface area contributed by atoms with Crippen LogP contribution in [0.4, 0.5) is 5.82 Å². The Morgan fingerprint density at radius 2 is 2.47 bits per heavy atom. The van der Waals surface area contributed by atoms with Crippen LogP contribution in [0.5, 0.6) is 0 Å². The molecular weight excluding hydrogens is 196 g/mol. The van der Waals surface area contributed by atoms with E-state index in [0.717, 1.165) is 0 Å². The molecule has 76 valence electrons. The first-order valence-corrected chi connectivity index (χ1v) is 4.22. The van der Waals surface area contributed by atoms with Crippen LogP contribution in [0.1, 0.15) is 5.76 Å². The van der Waals surface area contributed by atoms with Gasteiger partial charge in [0.15, 0.2) is 0 Å². The third-order valence-corrected chi connectivity index (χ3v) is 1.59. The molecule has 0 atom stereocenters. The fourth-order valence-electron chi connectivity index (χ4n) is 0.964. The van der Waals surface area contributed by atoms with Crippen molar-refractivity contribution in [3.63, 3.8) is 0 Å². The van der Waals surface area contributed by atoms with Crippen molar-refractivity contribution in [3.05, 3.63) is 46.9 Å². The second-order valence-electron chi connectivity index (χ2n) is 2.67. The lowest BCUT2D eigenvalue weighted by Gasteiger charge is -1.96. The Hall–Kier alpha value is -2.37. The van der Waals surface area contributed by atoms with Crippen molar-refractivity contribution in [2.45, 2.75) is 0 Å². The molecular formula is C9H8N4O2. The van der Waals surface area contributed by atoms with E-state index in [1.54, 1.807) is 24.5 Å². The van der Waals surface area contributed by atoms with E-state index in [0.29, 0.717) is 11.6 Å². The Morgan fingerprint density at radius 3 is 3.20 bits per heavy atom. The lowest BCUT2D eigenvalue weighted by Crippen LogP contribution is -2.10. The van der Waals surface area contributed by atoms with Gasteiger partial charge in [0.05, 0.1) is 12.5 Å². The number of H-pyrrole nitrogens is 1. The van der Waals surface area contributed by atoms with Gasteiger partial charge in [-0.3, -0.25) is 10.4 Å². The van der Waals surface area contributed by atoms with Crippen molar-refractivity contribution in [2.75, 3.05) is 5.43 Å². The SMILES string of the molecule is O=c1nccc(N/N=C\c2ccco2)[nH]1. The van der Waals surface area contributed by atoms with E-state index in [4.69, 9.17) is 4.42 Å². The summed E-state index contributed by atoms with van der Waals surface area (Å²) >= 11 is 0. The third kappa shape index (κ3) is 2.53. The van der Waals surface area contributed by atoms with Crippen LogP contribution in [0.2, 0.25) is 0 Å². The molecule has 0 aliphatic heterocycles. The second kappa shape index (κ2) is 4.23. The molecule has 0 bridgehead atoms. The number of aromatic nitrogens is 2. The van der Waals surface area contributed by atoms with Crippen LogP contribution in [0.15, 0.2) is 45.0 Å². The molecule has 0 unspecified atom stereocenters. The van der Waals surface area contributed by atoms with Gasteiger partial charge in [-0.05, 0) is 18.2 Å². The van der Waals surface area contributed by atoms with Crippen molar-refractivity contribution >= 4 is 12.0 Å². The fourth-order valence-corrected chi connectivity index (χ4v) is 0.964. The van der Waals surface area contributed by atoms with Crippen molar-refractivity contribution in [1.29, 1.82) is 0 Å². The van der Waals surface area contributed by atoms with Crippen LogP contribution >= 0.6 is 0 Å².